The number of nitrogens with zero attached hydrogens (tertiary/aromatic N) is 3. The molecule has 0 bridgehead atoms. The molecule has 0 unspecified atom stereocenters. The third-order valence-electron chi connectivity index (χ3n) is 4.85. The van der Waals surface area contributed by atoms with Gasteiger partial charge in [0, 0.05) is 42.7 Å². The normalized spacial score (nSPS) is 10.7. The van der Waals surface area contributed by atoms with Gasteiger partial charge in [-0.2, -0.15) is 0 Å². The number of rotatable bonds is 6. The Labute approximate surface area is 173 Å². The number of imidazole rings is 1. The lowest BCUT2D eigenvalue weighted by Gasteiger charge is -2.10. The lowest BCUT2D eigenvalue weighted by molar-refractivity contribution is 0.0601. The zero-order valence-corrected chi connectivity index (χ0v) is 16.4. The van der Waals surface area contributed by atoms with Crippen LogP contribution in [-0.4, -0.2) is 32.6 Å². The third kappa shape index (κ3) is 4.05. The van der Waals surface area contributed by atoms with Crippen LogP contribution in [0.3, 0.4) is 0 Å². The van der Waals surface area contributed by atoms with Crippen LogP contribution in [0.25, 0.3) is 22.5 Å². The molecular formula is C23H20N4O3. The van der Waals surface area contributed by atoms with E-state index in [1.54, 1.807) is 12.3 Å². The second-order valence-electron chi connectivity index (χ2n) is 6.71. The molecule has 0 spiro atoms. The highest BCUT2D eigenvalue weighted by atomic mass is 16.5. The molecule has 0 aliphatic carbocycles. The number of carbonyl (C=O) groups excluding carboxylic acids is 1. The van der Waals surface area contributed by atoms with Crippen molar-refractivity contribution in [1.29, 1.82) is 0 Å². The fraction of sp³-hybridized carbons (Fsp3) is 0.130. The van der Waals surface area contributed by atoms with Gasteiger partial charge in [-0.1, -0.05) is 42.5 Å². The standard InChI is InChI=1S/C23H20N4O3/c1-30-23(29)20-5-3-2-4-19(20)16-6-8-17(9-7-16)22-24-11-13-27(22)12-10-18-14-21(28)26-15-25-18/h2-9,11,13-15H,10,12H2,1H3,(H,25,26,28). The SMILES string of the molecule is COC(=O)c1ccccc1-c1ccc(-c2nccn2CCc2cc(=O)[nH]cn2)cc1. The Morgan fingerprint density at radius 2 is 1.83 bits per heavy atom. The van der Waals surface area contributed by atoms with Crippen LogP contribution in [0.1, 0.15) is 16.1 Å². The van der Waals surface area contributed by atoms with Crippen LogP contribution in [0.4, 0.5) is 0 Å². The summed E-state index contributed by atoms with van der Waals surface area (Å²) in [5, 5.41) is 0. The van der Waals surface area contributed by atoms with Gasteiger partial charge in [0.1, 0.15) is 5.82 Å². The first kappa shape index (κ1) is 19.3. The third-order valence-corrected chi connectivity index (χ3v) is 4.85. The molecule has 2 aromatic carbocycles. The zero-order valence-electron chi connectivity index (χ0n) is 16.4. The molecule has 0 atom stereocenters. The van der Waals surface area contributed by atoms with Crippen molar-refractivity contribution >= 4 is 5.97 Å². The van der Waals surface area contributed by atoms with E-state index in [-0.39, 0.29) is 11.5 Å². The summed E-state index contributed by atoms with van der Waals surface area (Å²) in [7, 11) is 1.38. The summed E-state index contributed by atoms with van der Waals surface area (Å²) in [4.78, 5) is 34.7. The van der Waals surface area contributed by atoms with Gasteiger partial charge in [-0.15, -0.1) is 0 Å². The molecule has 0 saturated carbocycles. The average Bonchev–Trinajstić information content (AvgIpc) is 3.26. The number of benzene rings is 2. The number of esters is 1. The van der Waals surface area contributed by atoms with Gasteiger partial charge in [0.05, 0.1) is 19.0 Å². The van der Waals surface area contributed by atoms with E-state index in [2.05, 4.69) is 15.0 Å². The van der Waals surface area contributed by atoms with Gasteiger partial charge in [-0.25, -0.2) is 14.8 Å². The summed E-state index contributed by atoms with van der Waals surface area (Å²) in [5.74, 6) is 0.464. The predicted molar refractivity (Wildman–Crippen MR) is 113 cm³/mol. The highest BCUT2D eigenvalue weighted by Gasteiger charge is 2.13. The van der Waals surface area contributed by atoms with Crippen LogP contribution in [0.2, 0.25) is 0 Å². The van der Waals surface area contributed by atoms with Crippen molar-refractivity contribution in [3.8, 4) is 22.5 Å². The predicted octanol–water partition coefficient (Wildman–Crippen LogP) is 3.33. The number of hydrogen-bond donors (Lipinski definition) is 1. The molecule has 7 heteroatoms. The van der Waals surface area contributed by atoms with E-state index in [0.717, 1.165) is 28.2 Å². The summed E-state index contributed by atoms with van der Waals surface area (Å²) in [6.07, 6.45) is 5.69. The molecule has 0 radical (unpaired) electrons. The number of hydrogen-bond acceptors (Lipinski definition) is 5. The number of aryl methyl sites for hydroxylation is 2. The number of H-pyrrole nitrogens is 1. The number of methoxy groups -OCH3 is 1. The first-order valence-corrected chi connectivity index (χ1v) is 9.48. The van der Waals surface area contributed by atoms with Gasteiger partial charge in [0.15, 0.2) is 0 Å². The minimum absolute atomic E-state index is 0.159. The maximum atomic E-state index is 12.1. The number of ether oxygens (including phenoxy) is 1. The Morgan fingerprint density at radius 3 is 2.60 bits per heavy atom. The van der Waals surface area contributed by atoms with E-state index in [4.69, 9.17) is 4.74 Å². The Balaban J connectivity index is 1.57. The highest BCUT2D eigenvalue weighted by Crippen LogP contribution is 2.27. The van der Waals surface area contributed by atoms with Crippen molar-refractivity contribution in [1.82, 2.24) is 19.5 Å². The Bertz CT molecular complexity index is 1230. The van der Waals surface area contributed by atoms with Crippen molar-refractivity contribution < 1.29 is 9.53 Å². The maximum absolute atomic E-state index is 12.1. The molecule has 2 aromatic heterocycles. The van der Waals surface area contributed by atoms with Crippen molar-refractivity contribution in [3.63, 3.8) is 0 Å². The molecule has 0 fully saturated rings. The summed E-state index contributed by atoms with van der Waals surface area (Å²) in [6, 6.07) is 16.8. The van der Waals surface area contributed by atoms with Gasteiger partial charge < -0.3 is 14.3 Å². The van der Waals surface area contributed by atoms with Crippen LogP contribution in [0.5, 0.6) is 0 Å². The molecule has 150 valence electrons. The van der Waals surface area contributed by atoms with E-state index in [1.165, 1.54) is 19.5 Å². The molecule has 0 amide bonds. The summed E-state index contributed by atoms with van der Waals surface area (Å²) < 4.78 is 6.92. The van der Waals surface area contributed by atoms with Crippen LogP contribution in [-0.2, 0) is 17.7 Å². The lowest BCUT2D eigenvalue weighted by Crippen LogP contribution is -2.09. The van der Waals surface area contributed by atoms with Crippen LogP contribution >= 0.6 is 0 Å². The molecular weight excluding hydrogens is 380 g/mol. The van der Waals surface area contributed by atoms with Crippen molar-refractivity contribution in [2.24, 2.45) is 0 Å². The van der Waals surface area contributed by atoms with Crippen LogP contribution in [0.15, 0.2) is 78.1 Å². The Morgan fingerprint density at radius 1 is 1.07 bits per heavy atom. The van der Waals surface area contributed by atoms with Crippen molar-refractivity contribution in [2.45, 2.75) is 13.0 Å². The van der Waals surface area contributed by atoms with Gasteiger partial charge in [-0.05, 0) is 17.2 Å². The highest BCUT2D eigenvalue weighted by molar-refractivity contribution is 5.97. The fourth-order valence-electron chi connectivity index (χ4n) is 3.35. The zero-order chi connectivity index (χ0) is 20.9. The molecule has 30 heavy (non-hydrogen) atoms. The van der Waals surface area contributed by atoms with Gasteiger partial charge in [0.25, 0.3) is 5.56 Å². The number of aromatic nitrogens is 4. The summed E-state index contributed by atoms with van der Waals surface area (Å²) >= 11 is 0. The van der Waals surface area contributed by atoms with E-state index in [0.29, 0.717) is 18.5 Å². The van der Waals surface area contributed by atoms with Crippen molar-refractivity contribution in [3.05, 3.63) is 94.9 Å². The van der Waals surface area contributed by atoms with E-state index in [9.17, 15) is 9.59 Å². The van der Waals surface area contributed by atoms with Crippen LogP contribution in [0, 0.1) is 0 Å². The second-order valence-corrected chi connectivity index (χ2v) is 6.71. The molecule has 0 aliphatic rings. The Kier molecular flexibility index (Phi) is 5.52. The van der Waals surface area contributed by atoms with Gasteiger partial charge in [0.2, 0.25) is 0 Å². The minimum Gasteiger partial charge on any atom is -0.465 e. The Hall–Kier alpha value is -4.00. The topological polar surface area (TPSA) is 89.9 Å². The van der Waals surface area contributed by atoms with E-state index in [1.807, 2.05) is 53.2 Å². The first-order chi connectivity index (χ1) is 14.7. The van der Waals surface area contributed by atoms with Crippen LogP contribution < -0.4 is 5.56 Å². The smallest absolute Gasteiger partial charge is 0.338 e. The maximum Gasteiger partial charge on any atom is 0.338 e. The summed E-state index contributed by atoms with van der Waals surface area (Å²) in [5.41, 5.74) is 3.80. The quantitative estimate of drug-likeness (QED) is 0.502. The molecule has 7 nitrogen and oxygen atoms in total. The first-order valence-electron chi connectivity index (χ1n) is 9.48. The molecule has 0 aliphatic heterocycles. The van der Waals surface area contributed by atoms with E-state index >= 15 is 0 Å². The molecule has 4 aromatic rings. The fourth-order valence-corrected chi connectivity index (χ4v) is 3.35. The molecule has 1 N–H and O–H groups in total. The van der Waals surface area contributed by atoms with Crippen molar-refractivity contribution in [2.75, 3.05) is 7.11 Å². The second kappa shape index (κ2) is 8.57. The lowest BCUT2D eigenvalue weighted by atomic mass is 9.98. The monoisotopic (exact) mass is 400 g/mol. The number of aromatic amines is 1. The summed E-state index contributed by atoms with van der Waals surface area (Å²) in [6.45, 7) is 0.652. The number of nitrogens with one attached hydrogen (secondary N) is 1. The van der Waals surface area contributed by atoms with E-state index < -0.39 is 0 Å². The molecule has 2 heterocycles. The number of carbonyl (C=O) groups is 1. The van der Waals surface area contributed by atoms with Gasteiger partial charge >= 0.3 is 5.97 Å². The molecule has 0 saturated heterocycles. The largest absolute Gasteiger partial charge is 0.465 e. The average molecular weight is 400 g/mol. The molecule has 4 rings (SSSR count). The minimum atomic E-state index is -0.362. The van der Waals surface area contributed by atoms with Gasteiger partial charge in [-0.3, -0.25) is 4.79 Å².